The van der Waals surface area contributed by atoms with E-state index in [1.165, 1.54) is 0 Å². The topological polar surface area (TPSA) is 66.9 Å². The molecule has 0 bridgehead atoms. The minimum Gasteiger partial charge on any atom is -0.348 e. The lowest BCUT2D eigenvalue weighted by molar-refractivity contribution is 0.0945. The molecule has 7 heteroatoms. The predicted octanol–water partition coefficient (Wildman–Crippen LogP) is 3.42. The Morgan fingerprint density at radius 2 is 1.90 bits per heavy atom. The minimum absolute atomic E-state index is 0.189. The van der Waals surface area contributed by atoms with Gasteiger partial charge in [-0.15, -0.1) is 10.2 Å². The number of aromatic nitrogens is 2. The highest BCUT2D eigenvalue weighted by atomic mass is 35.5. The van der Waals surface area contributed by atoms with Crippen LogP contribution >= 0.6 is 23.2 Å². The van der Waals surface area contributed by atoms with E-state index in [1.54, 1.807) is 30.3 Å². The Morgan fingerprint density at radius 1 is 1.10 bits per heavy atom. The Hall–Kier alpha value is -1.85. The summed E-state index contributed by atoms with van der Waals surface area (Å²) in [6.07, 6.45) is 2.08. The smallest absolute Gasteiger partial charge is 0.272 e. The number of halogens is 2. The summed E-state index contributed by atoms with van der Waals surface area (Å²) < 4.78 is 0. The molecule has 2 aromatic rings. The Labute approximate surface area is 131 Å². The van der Waals surface area contributed by atoms with Crippen LogP contribution in [-0.2, 0) is 0 Å². The number of anilines is 2. The van der Waals surface area contributed by atoms with Gasteiger partial charge < -0.3 is 10.6 Å². The van der Waals surface area contributed by atoms with E-state index in [4.69, 9.17) is 23.2 Å². The first kappa shape index (κ1) is 14.1. The van der Waals surface area contributed by atoms with Crippen molar-refractivity contribution in [2.24, 2.45) is 0 Å². The van der Waals surface area contributed by atoms with Crippen molar-refractivity contribution in [2.75, 3.05) is 5.32 Å². The fourth-order valence-corrected chi connectivity index (χ4v) is 2.03. The normalized spacial score (nSPS) is 13.8. The third-order valence-electron chi connectivity index (χ3n) is 3.00. The summed E-state index contributed by atoms with van der Waals surface area (Å²) >= 11 is 11.8. The molecule has 3 rings (SSSR count). The molecule has 1 heterocycles. The van der Waals surface area contributed by atoms with Gasteiger partial charge in [0.05, 0.1) is 10.0 Å². The molecule has 21 heavy (non-hydrogen) atoms. The first-order chi connectivity index (χ1) is 10.1. The monoisotopic (exact) mass is 322 g/mol. The van der Waals surface area contributed by atoms with Crippen LogP contribution in [0.4, 0.5) is 11.5 Å². The van der Waals surface area contributed by atoms with Gasteiger partial charge in [-0.3, -0.25) is 4.79 Å². The largest absolute Gasteiger partial charge is 0.348 e. The number of hydrogen-bond donors (Lipinski definition) is 2. The SMILES string of the molecule is O=C(NC1CC1)c1ccc(Nc2ccc(Cl)c(Cl)c2)nn1. The molecule has 1 amide bonds. The second-order valence-corrected chi connectivity index (χ2v) is 5.62. The van der Waals surface area contributed by atoms with Crippen LogP contribution in [0.25, 0.3) is 0 Å². The molecule has 108 valence electrons. The van der Waals surface area contributed by atoms with Crippen molar-refractivity contribution >= 4 is 40.6 Å². The number of rotatable bonds is 4. The van der Waals surface area contributed by atoms with Crippen molar-refractivity contribution < 1.29 is 4.79 Å². The summed E-state index contributed by atoms with van der Waals surface area (Å²) in [4.78, 5) is 11.8. The Kier molecular flexibility index (Phi) is 3.94. The highest BCUT2D eigenvalue weighted by molar-refractivity contribution is 6.42. The van der Waals surface area contributed by atoms with E-state index < -0.39 is 0 Å². The van der Waals surface area contributed by atoms with E-state index in [-0.39, 0.29) is 5.91 Å². The fourth-order valence-electron chi connectivity index (χ4n) is 1.73. The second-order valence-electron chi connectivity index (χ2n) is 4.81. The summed E-state index contributed by atoms with van der Waals surface area (Å²) in [5, 5.41) is 14.7. The number of benzene rings is 1. The van der Waals surface area contributed by atoms with E-state index in [0.717, 1.165) is 18.5 Å². The van der Waals surface area contributed by atoms with Crippen LogP contribution in [0.2, 0.25) is 10.0 Å². The lowest BCUT2D eigenvalue weighted by Gasteiger charge is -2.07. The average Bonchev–Trinajstić information content (AvgIpc) is 3.28. The van der Waals surface area contributed by atoms with Gasteiger partial charge >= 0.3 is 0 Å². The van der Waals surface area contributed by atoms with Crippen LogP contribution in [0.3, 0.4) is 0 Å². The molecule has 1 saturated carbocycles. The molecular formula is C14H12Cl2N4O. The average molecular weight is 323 g/mol. The fraction of sp³-hybridized carbons (Fsp3) is 0.214. The molecule has 2 N–H and O–H groups in total. The van der Waals surface area contributed by atoms with E-state index in [2.05, 4.69) is 20.8 Å². The third-order valence-corrected chi connectivity index (χ3v) is 3.74. The first-order valence-electron chi connectivity index (χ1n) is 6.48. The summed E-state index contributed by atoms with van der Waals surface area (Å²) in [5.41, 5.74) is 1.05. The molecule has 0 unspecified atom stereocenters. The third kappa shape index (κ3) is 3.62. The summed E-state index contributed by atoms with van der Waals surface area (Å²) in [6, 6.07) is 8.79. The van der Waals surface area contributed by atoms with Crippen molar-refractivity contribution in [1.82, 2.24) is 15.5 Å². The Bertz CT molecular complexity index is 671. The van der Waals surface area contributed by atoms with E-state index in [1.807, 2.05) is 0 Å². The lowest BCUT2D eigenvalue weighted by Crippen LogP contribution is -2.26. The molecule has 5 nitrogen and oxygen atoms in total. The summed E-state index contributed by atoms with van der Waals surface area (Å²) in [6.45, 7) is 0. The number of carbonyl (C=O) groups is 1. The molecule has 0 atom stereocenters. The van der Waals surface area contributed by atoms with Gasteiger partial charge in [-0.1, -0.05) is 23.2 Å². The number of carbonyl (C=O) groups excluding carboxylic acids is 1. The van der Waals surface area contributed by atoms with E-state index in [9.17, 15) is 4.79 Å². The van der Waals surface area contributed by atoms with Gasteiger partial charge in [0.25, 0.3) is 5.91 Å². The first-order valence-corrected chi connectivity index (χ1v) is 7.24. The van der Waals surface area contributed by atoms with Gasteiger partial charge in [-0.2, -0.15) is 0 Å². The van der Waals surface area contributed by atoms with Gasteiger partial charge in [-0.25, -0.2) is 0 Å². The maximum atomic E-state index is 11.8. The molecule has 1 aliphatic rings. The van der Waals surface area contributed by atoms with Crippen molar-refractivity contribution in [3.05, 3.63) is 46.1 Å². The van der Waals surface area contributed by atoms with Crippen LogP contribution in [0.1, 0.15) is 23.3 Å². The predicted molar refractivity (Wildman–Crippen MR) is 82.3 cm³/mol. The molecule has 0 spiro atoms. The highest BCUT2D eigenvalue weighted by Crippen LogP contribution is 2.26. The maximum absolute atomic E-state index is 11.8. The maximum Gasteiger partial charge on any atom is 0.272 e. The van der Waals surface area contributed by atoms with Crippen LogP contribution in [0.5, 0.6) is 0 Å². The number of nitrogens with one attached hydrogen (secondary N) is 2. The van der Waals surface area contributed by atoms with E-state index in [0.29, 0.717) is 27.6 Å². The second kappa shape index (κ2) is 5.87. The van der Waals surface area contributed by atoms with Crippen molar-refractivity contribution in [3.8, 4) is 0 Å². The van der Waals surface area contributed by atoms with Crippen LogP contribution in [-0.4, -0.2) is 22.1 Å². The van der Waals surface area contributed by atoms with Gasteiger partial charge in [0, 0.05) is 11.7 Å². The zero-order chi connectivity index (χ0) is 14.8. The van der Waals surface area contributed by atoms with E-state index >= 15 is 0 Å². The van der Waals surface area contributed by atoms with Gasteiger partial charge in [-0.05, 0) is 43.2 Å². The zero-order valence-corrected chi connectivity index (χ0v) is 12.4. The van der Waals surface area contributed by atoms with Crippen molar-refractivity contribution in [2.45, 2.75) is 18.9 Å². The van der Waals surface area contributed by atoms with Gasteiger partial charge in [0.15, 0.2) is 11.5 Å². The number of nitrogens with zero attached hydrogens (tertiary/aromatic N) is 2. The Balaban J connectivity index is 1.68. The molecule has 0 aliphatic heterocycles. The summed E-state index contributed by atoms with van der Waals surface area (Å²) in [7, 11) is 0. The molecule has 1 fully saturated rings. The van der Waals surface area contributed by atoms with Crippen LogP contribution in [0.15, 0.2) is 30.3 Å². The molecule has 1 aromatic heterocycles. The molecule has 1 aromatic carbocycles. The van der Waals surface area contributed by atoms with Crippen LogP contribution < -0.4 is 10.6 Å². The molecule has 0 saturated heterocycles. The molecular weight excluding hydrogens is 311 g/mol. The standard InChI is InChI=1S/C14H12Cl2N4O/c15-10-4-3-9(7-11(10)16)17-13-6-5-12(19-20-13)14(21)18-8-1-2-8/h3-8H,1-2H2,(H,17,20)(H,18,21). The quantitative estimate of drug-likeness (QED) is 0.905. The molecule has 1 aliphatic carbocycles. The Morgan fingerprint density at radius 3 is 2.52 bits per heavy atom. The summed E-state index contributed by atoms with van der Waals surface area (Å²) in [5.74, 6) is 0.336. The highest BCUT2D eigenvalue weighted by Gasteiger charge is 2.24. The van der Waals surface area contributed by atoms with Crippen LogP contribution in [0, 0.1) is 0 Å². The number of amides is 1. The van der Waals surface area contributed by atoms with Crippen molar-refractivity contribution in [3.63, 3.8) is 0 Å². The van der Waals surface area contributed by atoms with Crippen molar-refractivity contribution in [1.29, 1.82) is 0 Å². The molecule has 0 radical (unpaired) electrons. The zero-order valence-electron chi connectivity index (χ0n) is 10.9. The van der Waals surface area contributed by atoms with Gasteiger partial charge in [0.1, 0.15) is 0 Å². The van der Waals surface area contributed by atoms with Gasteiger partial charge in [0.2, 0.25) is 0 Å². The number of hydrogen-bond acceptors (Lipinski definition) is 4. The minimum atomic E-state index is -0.189. The lowest BCUT2D eigenvalue weighted by atomic mass is 10.3.